The second-order valence-electron chi connectivity index (χ2n) is 8.17. The molecule has 1 aromatic rings. The number of halogens is 1. The lowest BCUT2D eigenvalue weighted by molar-refractivity contribution is 0.192. The van der Waals surface area contributed by atoms with E-state index in [4.69, 9.17) is 0 Å². The molecule has 170 valence electrons. The van der Waals surface area contributed by atoms with Crippen molar-refractivity contribution in [3.8, 4) is 0 Å². The fourth-order valence-electron chi connectivity index (χ4n) is 3.86. The Morgan fingerprint density at radius 3 is 2.60 bits per heavy atom. The molecule has 2 aliphatic rings. The van der Waals surface area contributed by atoms with Crippen LogP contribution in [0.3, 0.4) is 0 Å². The van der Waals surface area contributed by atoms with Crippen molar-refractivity contribution in [1.82, 2.24) is 20.3 Å². The average molecular weight is 550 g/mol. The second-order valence-corrected chi connectivity index (χ2v) is 10.1. The fourth-order valence-corrected chi connectivity index (χ4v) is 4.87. The number of rotatable bonds is 9. The van der Waals surface area contributed by atoms with E-state index in [1.807, 2.05) is 6.07 Å². The molecule has 9 heteroatoms. The zero-order chi connectivity index (χ0) is 20.5. The first kappa shape index (κ1) is 25.4. The molecular formula is C21H36IN5O2S. The topological polar surface area (TPSA) is 85.8 Å². The Balaban J connectivity index is 0.00000320. The third kappa shape index (κ3) is 8.68. The van der Waals surface area contributed by atoms with Crippen molar-refractivity contribution in [2.24, 2.45) is 10.9 Å². The van der Waals surface area contributed by atoms with Crippen molar-refractivity contribution >= 4 is 40.0 Å². The zero-order valence-electron chi connectivity index (χ0n) is 17.8. The molecule has 1 heterocycles. The van der Waals surface area contributed by atoms with Crippen LogP contribution in [0.25, 0.3) is 0 Å². The van der Waals surface area contributed by atoms with Gasteiger partial charge in [-0.15, -0.1) is 24.0 Å². The first-order valence-corrected chi connectivity index (χ1v) is 12.4. The molecule has 3 rings (SSSR count). The van der Waals surface area contributed by atoms with Crippen molar-refractivity contribution in [3.63, 3.8) is 0 Å². The van der Waals surface area contributed by atoms with Crippen molar-refractivity contribution in [1.29, 1.82) is 0 Å². The van der Waals surface area contributed by atoms with Crippen LogP contribution in [0.4, 0.5) is 0 Å². The van der Waals surface area contributed by atoms with Gasteiger partial charge in [0, 0.05) is 39.3 Å². The molecule has 1 saturated heterocycles. The SMILES string of the molecule is CN=C(NCCS(=O)(=O)NCC1CCC1)NC1CCCN(Cc2ccccc2)C1.I. The molecular weight excluding hydrogens is 513 g/mol. The Morgan fingerprint density at radius 1 is 1.17 bits per heavy atom. The van der Waals surface area contributed by atoms with Crippen molar-refractivity contribution in [2.75, 3.05) is 39.0 Å². The highest BCUT2D eigenvalue weighted by atomic mass is 127. The second kappa shape index (κ2) is 12.8. The molecule has 3 N–H and O–H groups in total. The monoisotopic (exact) mass is 549 g/mol. The van der Waals surface area contributed by atoms with Gasteiger partial charge in [-0.1, -0.05) is 36.8 Å². The van der Waals surface area contributed by atoms with Gasteiger partial charge in [-0.25, -0.2) is 13.1 Å². The molecule has 0 amide bonds. The van der Waals surface area contributed by atoms with E-state index in [0.717, 1.165) is 45.3 Å². The van der Waals surface area contributed by atoms with Crippen LogP contribution in [0.15, 0.2) is 35.3 Å². The first-order chi connectivity index (χ1) is 14.0. The largest absolute Gasteiger partial charge is 0.355 e. The Kier molecular flexibility index (Phi) is 10.8. The molecule has 0 spiro atoms. The number of benzene rings is 1. The number of likely N-dealkylation sites (tertiary alicyclic amines) is 1. The van der Waals surface area contributed by atoms with Gasteiger partial charge >= 0.3 is 0 Å². The van der Waals surface area contributed by atoms with Gasteiger partial charge in [-0.05, 0) is 43.7 Å². The lowest BCUT2D eigenvalue weighted by Gasteiger charge is -2.34. The number of nitrogens with one attached hydrogen (secondary N) is 3. The Labute approximate surface area is 198 Å². The summed E-state index contributed by atoms with van der Waals surface area (Å²) >= 11 is 0. The van der Waals surface area contributed by atoms with Gasteiger partial charge in [0.2, 0.25) is 10.0 Å². The van der Waals surface area contributed by atoms with Crippen molar-refractivity contribution in [3.05, 3.63) is 35.9 Å². The molecule has 2 fully saturated rings. The minimum atomic E-state index is -3.24. The van der Waals surface area contributed by atoms with Crippen LogP contribution in [-0.4, -0.2) is 64.3 Å². The van der Waals surface area contributed by atoms with Crippen molar-refractivity contribution < 1.29 is 8.42 Å². The normalized spacial score (nSPS) is 20.8. The van der Waals surface area contributed by atoms with Crippen LogP contribution in [0.2, 0.25) is 0 Å². The van der Waals surface area contributed by atoms with Gasteiger partial charge < -0.3 is 10.6 Å². The maximum absolute atomic E-state index is 12.1. The summed E-state index contributed by atoms with van der Waals surface area (Å²) in [5.74, 6) is 1.26. The van der Waals surface area contributed by atoms with E-state index in [9.17, 15) is 8.42 Å². The van der Waals surface area contributed by atoms with E-state index < -0.39 is 10.0 Å². The Morgan fingerprint density at radius 2 is 1.93 bits per heavy atom. The average Bonchev–Trinajstić information content (AvgIpc) is 2.67. The van der Waals surface area contributed by atoms with E-state index in [0.29, 0.717) is 31.0 Å². The highest BCUT2D eigenvalue weighted by Gasteiger charge is 2.22. The van der Waals surface area contributed by atoms with Crippen LogP contribution >= 0.6 is 24.0 Å². The molecule has 1 saturated carbocycles. The van der Waals surface area contributed by atoms with Gasteiger partial charge in [-0.2, -0.15) is 0 Å². The van der Waals surface area contributed by atoms with E-state index in [2.05, 4.69) is 49.5 Å². The molecule has 1 aliphatic carbocycles. The molecule has 0 aromatic heterocycles. The number of sulfonamides is 1. The van der Waals surface area contributed by atoms with E-state index >= 15 is 0 Å². The summed E-state index contributed by atoms with van der Waals surface area (Å²) < 4.78 is 27.0. The predicted octanol–water partition coefficient (Wildman–Crippen LogP) is 2.15. The molecule has 1 aliphatic heterocycles. The van der Waals surface area contributed by atoms with E-state index in [1.54, 1.807) is 7.05 Å². The number of nitrogens with zero attached hydrogens (tertiary/aromatic N) is 2. The maximum atomic E-state index is 12.1. The molecule has 0 bridgehead atoms. The number of hydrogen-bond acceptors (Lipinski definition) is 4. The number of hydrogen-bond donors (Lipinski definition) is 3. The lowest BCUT2D eigenvalue weighted by Crippen LogP contribution is -2.51. The van der Waals surface area contributed by atoms with Crippen LogP contribution in [0.5, 0.6) is 0 Å². The molecule has 30 heavy (non-hydrogen) atoms. The quantitative estimate of drug-likeness (QED) is 0.250. The first-order valence-electron chi connectivity index (χ1n) is 10.7. The molecule has 1 unspecified atom stereocenters. The van der Waals surface area contributed by atoms with Gasteiger partial charge in [0.1, 0.15) is 0 Å². The smallest absolute Gasteiger partial charge is 0.213 e. The van der Waals surface area contributed by atoms with Gasteiger partial charge in [0.15, 0.2) is 5.96 Å². The van der Waals surface area contributed by atoms with E-state index in [-0.39, 0.29) is 29.7 Å². The Bertz CT molecular complexity index is 756. The van der Waals surface area contributed by atoms with E-state index in [1.165, 1.54) is 12.0 Å². The minimum absolute atomic E-state index is 0. The van der Waals surface area contributed by atoms with Crippen LogP contribution in [0.1, 0.15) is 37.7 Å². The highest BCUT2D eigenvalue weighted by molar-refractivity contribution is 14.0. The lowest BCUT2D eigenvalue weighted by atomic mass is 9.86. The standard InChI is InChI=1S/C21H35N5O2S.HI/c1-22-21(23-12-14-29(27,28)24-15-18-9-5-10-18)25-20-11-6-13-26(17-20)16-19-7-3-2-4-8-19;/h2-4,7-8,18,20,24H,5-6,9-17H2,1H3,(H2,22,23,25);1H. The summed E-state index contributed by atoms with van der Waals surface area (Å²) in [5, 5.41) is 6.61. The third-order valence-electron chi connectivity index (χ3n) is 5.80. The highest BCUT2D eigenvalue weighted by Crippen LogP contribution is 2.25. The summed E-state index contributed by atoms with van der Waals surface area (Å²) in [6, 6.07) is 10.8. The zero-order valence-corrected chi connectivity index (χ0v) is 21.0. The summed E-state index contributed by atoms with van der Waals surface area (Å²) in [7, 11) is -1.51. The maximum Gasteiger partial charge on any atom is 0.213 e. The molecule has 1 atom stereocenters. The van der Waals surface area contributed by atoms with Gasteiger partial charge in [0.05, 0.1) is 5.75 Å². The summed E-state index contributed by atoms with van der Waals surface area (Å²) in [6.45, 7) is 3.94. The summed E-state index contributed by atoms with van der Waals surface area (Å²) in [4.78, 5) is 6.72. The predicted molar refractivity (Wildman–Crippen MR) is 134 cm³/mol. The summed E-state index contributed by atoms with van der Waals surface area (Å²) in [6.07, 6.45) is 5.73. The third-order valence-corrected chi connectivity index (χ3v) is 7.15. The van der Waals surface area contributed by atoms with Gasteiger partial charge in [-0.3, -0.25) is 9.89 Å². The van der Waals surface area contributed by atoms with Crippen LogP contribution in [-0.2, 0) is 16.6 Å². The minimum Gasteiger partial charge on any atom is -0.355 e. The number of piperidine rings is 1. The fraction of sp³-hybridized carbons (Fsp3) is 0.667. The van der Waals surface area contributed by atoms with Crippen molar-refractivity contribution in [2.45, 2.75) is 44.7 Å². The summed E-state index contributed by atoms with van der Waals surface area (Å²) in [5.41, 5.74) is 1.33. The van der Waals surface area contributed by atoms with Gasteiger partial charge in [0.25, 0.3) is 0 Å². The molecule has 7 nitrogen and oxygen atoms in total. The van der Waals surface area contributed by atoms with Crippen LogP contribution < -0.4 is 15.4 Å². The number of guanidine groups is 1. The number of aliphatic imine (C=N–C) groups is 1. The molecule has 1 aromatic carbocycles. The van der Waals surface area contributed by atoms with Crippen LogP contribution in [0, 0.1) is 5.92 Å². The Hall–Kier alpha value is -0.910. The molecule has 0 radical (unpaired) electrons.